The number of rotatable bonds is 4. The summed E-state index contributed by atoms with van der Waals surface area (Å²) in [6, 6.07) is 7.64. The van der Waals surface area contributed by atoms with E-state index in [2.05, 4.69) is 0 Å². The number of hydrogen-bond donors (Lipinski definition) is 1. The quantitative estimate of drug-likeness (QED) is 0.617. The van der Waals surface area contributed by atoms with Gasteiger partial charge in [0.2, 0.25) is 19.9 Å². The number of esters is 1. The van der Waals surface area contributed by atoms with Crippen molar-refractivity contribution in [3.05, 3.63) is 36.4 Å². The third kappa shape index (κ3) is 4.46. The molecule has 0 radical (unpaired) electrons. The fraction of sp³-hybridized carbons (Fsp3) is 0.267. The first-order valence-electron chi connectivity index (χ1n) is 7.02. The highest BCUT2D eigenvalue weighted by atomic mass is 32.3. The van der Waals surface area contributed by atoms with Gasteiger partial charge in [-0.1, -0.05) is 0 Å². The Morgan fingerprint density at radius 3 is 1.92 bits per heavy atom. The molecule has 0 atom stereocenters. The lowest BCUT2D eigenvalue weighted by molar-refractivity contribution is -0.143. The minimum atomic E-state index is -3.96. The Morgan fingerprint density at radius 1 is 0.960 bits per heavy atom. The number of primary sulfonamides is 1. The second-order valence-electron chi connectivity index (χ2n) is 6.23. The molecule has 1 heterocycles. The van der Waals surface area contributed by atoms with Gasteiger partial charge in [0.15, 0.2) is 0 Å². The van der Waals surface area contributed by atoms with Gasteiger partial charge in [0.05, 0.1) is 10.3 Å². The van der Waals surface area contributed by atoms with E-state index in [0.717, 1.165) is 6.07 Å². The van der Waals surface area contributed by atoms with E-state index in [4.69, 9.17) is 9.88 Å². The van der Waals surface area contributed by atoms with Crippen molar-refractivity contribution in [1.29, 1.82) is 0 Å². The number of carbonyl (C=O) groups is 1. The molecule has 0 unspecified atom stereocenters. The Balaban J connectivity index is 2.29. The van der Waals surface area contributed by atoms with Crippen LogP contribution in [0, 0.1) is 5.41 Å². The lowest BCUT2D eigenvalue weighted by atomic mass is 9.97. The number of ether oxygens (including phenoxy) is 1. The summed E-state index contributed by atoms with van der Waals surface area (Å²) in [7, 11) is -7.86. The Morgan fingerprint density at radius 2 is 1.48 bits per heavy atom. The zero-order chi connectivity index (χ0) is 19.0. The van der Waals surface area contributed by atoms with Crippen molar-refractivity contribution in [1.82, 2.24) is 0 Å². The molecule has 0 aliphatic heterocycles. The molecule has 7 nitrogen and oxygen atoms in total. The van der Waals surface area contributed by atoms with Crippen LogP contribution in [0.3, 0.4) is 0 Å². The van der Waals surface area contributed by atoms with Crippen LogP contribution in [0.1, 0.15) is 20.8 Å². The molecule has 1 aromatic heterocycles. The highest BCUT2D eigenvalue weighted by molar-refractivity contribution is 7.95. The molecule has 0 saturated carbocycles. The molecule has 2 N–H and O–H groups in total. The first kappa shape index (κ1) is 19.6. The van der Waals surface area contributed by atoms with E-state index in [0.29, 0.717) is 11.3 Å². The summed E-state index contributed by atoms with van der Waals surface area (Å²) in [5, 5.41) is 4.99. The molecule has 1 aromatic carbocycles. The zero-order valence-electron chi connectivity index (χ0n) is 13.7. The molecule has 136 valence electrons. The molecule has 0 spiro atoms. The van der Waals surface area contributed by atoms with Crippen LogP contribution in [0.4, 0.5) is 0 Å². The van der Waals surface area contributed by atoms with Crippen LogP contribution in [0.25, 0.3) is 0 Å². The predicted octanol–water partition coefficient (Wildman–Crippen LogP) is 2.18. The molecule has 0 aliphatic rings. The highest BCUT2D eigenvalue weighted by Crippen LogP contribution is 2.30. The smallest absolute Gasteiger partial charge is 0.316 e. The molecule has 25 heavy (non-hydrogen) atoms. The van der Waals surface area contributed by atoms with Gasteiger partial charge in [-0.05, 0) is 57.2 Å². The van der Waals surface area contributed by atoms with E-state index < -0.39 is 31.2 Å². The molecule has 0 aliphatic carbocycles. The Bertz CT molecular complexity index is 996. The summed E-state index contributed by atoms with van der Waals surface area (Å²) in [5.41, 5.74) is -0.689. The van der Waals surface area contributed by atoms with Crippen molar-refractivity contribution in [2.75, 3.05) is 0 Å². The summed E-state index contributed by atoms with van der Waals surface area (Å²) in [4.78, 5) is 11.8. The fourth-order valence-corrected chi connectivity index (χ4v) is 5.25. The van der Waals surface area contributed by atoms with Crippen molar-refractivity contribution < 1.29 is 26.4 Å². The maximum Gasteiger partial charge on any atom is 0.316 e. The standard InChI is InChI=1S/C15H17NO6S3/c1-15(2,3)14(17)22-10-4-6-11(7-5-10)24(18,19)12-8-9-13(23-12)25(16,20)21/h4-9H,1-3H3,(H2,16,20,21). The van der Waals surface area contributed by atoms with E-state index in [-0.39, 0.29) is 19.1 Å². The maximum absolute atomic E-state index is 12.5. The van der Waals surface area contributed by atoms with Gasteiger partial charge in [-0.2, -0.15) is 0 Å². The van der Waals surface area contributed by atoms with Crippen LogP contribution >= 0.6 is 11.3 Å². The van der Waals surface area contributed by atoms with Crippen molar-refractivity contribution in [2.45, 2.75) is 34.1 Å². The molecule has 0 fully saturated rings. The molecule has 2 rings (SSSR count). The first-order valence-corrected chi connectivity index (χ1v) is 10.9. The summed E-state index contributed by atoms with van der Waals surface area (Å²) >= 11 is 0.574. The van der Waals surface area contributed by atoms with E-state index in [1.807, 2.05) is 0 Å². The summed E-state index contributed by atoms with van der Waals surface area (Å²) in [6.45, 7) is 5.11. The number of hydrogen-bond acceptors (Lipinski definition) is 7. The van der Waals surface area contributed by atoms with Crippen molar-refractivity contribution in [2.24, 2.45) is 10.6 Å². The van der Waals surface area contributed by atoms with Crippen LogP contribution in [0.15, 0.2) is 49.7 Å². The number of sulfonamides is 1. The summed E-state index contributed by atoms with van der Waals surface area (Å²) in [5.74, 6) is -0.227. The monoisotopic (exact) mass is 403 g/mol. The normalized spacial score (nSPS) is 12.8. The molecular formula is C15H17NO6S3. The zero-order valence-corrected chi connectivity index (χ0v) is 16.2. The largest absolute Gasteiger partial charge is 0.426 e. The van der Waals surface area contributed by atoms with Gasteiger partial charge in [-0.3, -0.25) is 4.79 Å². The van der Waals surface area contributed by atoms with Crippen molar-refractivity contribution in [3.8, 4) is 5.75 Å². The van der Waals surface area contributed by atoms with E-state index in [9.17, 15) is 21.6 Å². The van der Waals surface area contributed by atoms with Gasteiger partial charge in [0.1, 0.15) is 14.2 Å². The molecule has 0 saturated heterocycles. The van der Waals surface area contributed by atoms with Gasteiger partial charge in [0, 0.05) is 0 Å². The van der Waals surface area contributed by atoms with E-state index >= 15 is 0 Å². The van der Waals surface area contributed by atoms with E-state index in [1.54, 1.807) is 20.8 Å². The highest BCUT2D eigenvalue weighted by Gasteiger charge is 2.25. The Labute approximate surface area is 150 Å². The predicted molar refractivity (Wildman–Crippen MR) is 92.7 cm³/mol. The van der Waals surface area contributed by atoms with Crippen LogP contribution in [0.2, 0.25) is 0 Å². The topological polar surface area (TPSA) is 121 Å². The summed E-state index contributed by atoms with van der Waals surface area (Å²) in [6.07, 6.45) is 0. The van der Waals surface area contributed by atoms with Gasteiger partial charge >= 0.3 is 5.97 Å². The van der Waals surface area contributed by atoms with Crippen LogP contribution in [-0.4, -0.2) is 22.8 Å². The second-order valence-corrected chi connectivity index (χ2v) is 11.3. The molecule has 0 amide bonds. The number of benzene rings is 1. The minimum Gasteiger partial charge on any atom is -0.426 e. The van der Waals surface area contributed by atoms with Crippen molar-refractivity contribution >= 4 is 37.2 Å². The number of carbonyl (C=O) groups excluding carboxylic acids is 1. The fourth-order valence-electron chi connectivity index (χ4n) is 1.66. The number of thiophene rings is 1. The Hall–Kier alpha value is -1.75. The molecular weight excluding hydrogens is 386 g/mol. The lowest BCUT2D eigenvalue weighted by Crippen LogP contribution is -2.25. The number of sulfone groups is 1. The average Bonchev–Trinajstić information content (AvgIpc) is 2.97. The second kappa shape index (κ2) is 6.52. The average molecular weight is 404 g/mol. The molecule has 0 bridgehead atoms. The first-order chi connectivity index (χ1) is 11.3. The minimum absolute atomic E-state index is 0.0501. The van der Waals surface area contributed by atoms with Gasteiger partial charge < -0.3 is 4.74 Å². The number of nitrogens with two attached hydrogens (primary N) is 1. The van der Waals surface area contributed by atoms with Crippen molar-refractivity contribution in [3.63, 3.8) is 0 Å². The van der Waals surface area contributed by atoms with Gasteiger partial charge in [-0.25, -0.2) is 22.0 Å². The third-order valence-electron chi connectivity index (χ3n) is 3.06. The Kier molecular flexibility index (Phi) is 5.11. The SMILES string of the molecule is CC(C)(C)C(=O)Oc1ccc(S(=O)(=O)c2ccc(S(N)(=O)=O)s2)cc1. The molecule has 2 aromatic rings. The summed E-state index contributed by atoms with van der Waals surface area (Å²) < 4.78 is 52.4. The van der Waals surface area contributed by atoms with Gasteiger partial charge in [-0.15, -0.1) is 11.3 Å². The van der Waals surface area contributed by atoms with Crippen LogP contribution < -0.4 is 9.88 Å². The molecule has 10 heteroatoms. The third-order valence-corrected chi connectivity index (χ3v) is 7.84. The van der Waals surface area contributed by atoms with E-state index in [1.165, 1.54) is 30.3 Å². The lowest BCUT2D eigenvalue weighted by Gasteiger charge is -2.16. The maximum atomic E-state index is 12.5. The van der Waals surface area contributed by atoms with Crippen LogP contribution in [0.5, 0.6) is 5.75 Å². The van der Waals surface area contributed by atoms with Crippen LogP contribution in [-0.2, 0) is 24.7 Å². The van der Waals surface area contributed by atoms with Gasteiger partial charge in [0.25, 0.3) is 0 Å².